The van der Waals surface area contributed by atoms with Crippen molar-refractivity contribution in [1.29, 1.82) is 0 Å². The molecular weight excluding hydrogens is 210 g/mol. The predicted octanol–water partition coefficient (Wildman–Crippen LogP) is 3.14. The smallest absolute Gasteiger partial charge is 0.0675 e. The van der Waals surface area contributed by atoms with Gasteiger partial charge in [-0.05, 0) is 44.4 Å². The molecule has 0 heterocycles. The Morgan fingerprint density at radius 1 is 1.24 bits per heavy atom. The van der Waals surface area contributed by atoms with Gasteiger partial charge < -0.3 is 10.1 Å². The van der Waals surface area contributed by atoms with Crippen LogP contribution in [0.3, 0.4) is 0 Å². The zero-order chi connectivity index (χ0) is 12.1. The van der Waals surface area contributed by atoms with Crippen molar-refractivity contribution in [3.05, 3.63) is 12.7 Å². The molecule has 2 saturated carbocycles. The first-order valence-electron chi connectivity index (χ1n) is 7.27. The Morgan fingerprint density at radius 3 is 2.24 bits per heavy atom. The second-order valence-corrected chi connectivity index (χ2v) is 5.75. The Balaban J connectivity index is 1.70. The number of ether oxygens (including phenoxy) is 1. The summed E-state index contributed by atoms with van der Waals surface area (Å²) in [6, 6.07) is 0.771. The molecule has 98 valence electrons. The van der Waals surface area contributed by atoms with Crippen LogP contribution in [0.4, 0.5) is 0 Å². The highest BCUT2D eigenvalue weighted by Gasteiger charge is 2.35. The van der Waals surface area contributed by atoms with E-state index < -0.39 is 0 Å². The molecule has 0 radical (unpaired) electrons. The molecule has 0 amide bonds. The second-order valence-electron chi connectivity index (χ2n) is 5.75. The third-order valence-corrected chi connectivity index (χ3v) is 4.46. The van der Waals surface area contributed by atoms with Crippen LogP contribution in [-0.2, 0) is 4.74 Å². The molecule has 0 bridgehead atoms. The van der Waals surface area contributed by atoms with E-state index in [4.69, 9.17) is 4.74 Å². The average molecular weight is 237 g/mol. The lowest BCUT2D eigenvalue weighted by molar-refractivity contribution is 0.0656. The first kappa shape index (κ1) is 13.1. The van der Waals surface area contributed by atoms with Gasteiger partial charge in [0.05, 0.1) is 12.7 Å². The summed E-state index contributed by atoms with van der Waals surface area (Å²) in [5, 5.41) is 3.77. The Morgan fingerprint density at radius 2 is 1.82 bits per heavy atom. The Labute approximate surface area is 106 Å². The van der Waals surface area contributed by atoms with Gasteiger partial charge in [-0.2, -0.15) is 0 Å². The van der Waals surface area contributed by atoms with Crippen LogP contribution in [0.2, 0.25) is 0 Å². The largest absolute Gasteiger partial charge is 0.373 e. The van der Waals surface area contributed by atoms with Crippen molar-refractivity contribution in [3.63, 3.8) is 0 Å². The molecule has 2 aliphatic carbocycles. The van der Waals surface area contributed by atoms with E-state index in [1.54, 1.807) is 0 Å². The predicted molar refractivity (Wildman–Crippen MR) is 72.1 cm³/mol. The van der Waals surface area contributed by atoms with Gasteiger partial charge in [-0.1, -0.05) is 18.9 Å². The molecule has 1 unspecified atom stereocenters. The molecular formula is C15H27NO. The van der Waals surface area contributed by atoms with Crippen molar-refractivity contribution in [2.45, 2.75) is 57.6 Å². The minimum Gasteiger partial charge on any atom is -0.373 e. The molecule has 2 rings (SSSR count). The van der Waals surface area contributed by atoms with Crippen LogP contribution in [0, 0.1) is 11.8 Å². The second kappa shape index (κ2) is 6.55. The van der Waals surface area contributed by atoms with E-state index in [1.807, 2.05) is 6.08 Å². The zero-order valence-electron chi connectivity index (χ0n) is 11.2. The van der Waals surface area contributed by atoms with Crippen LogP contribution < -0.4 is 5.32 Å². The van der Waals surface area contributed by atoms with E-state index >= 15 is 0 Å². The van der Waals surface area contributed by atoms with Crippen molar-refractivity contribution >= 4 is 0 Å². The van der Waals surface area contributed by atoms with Gasteiger partial charge >= 0.3 is 0 Å². The van der Waals surface area contributed by atoms with Crippen molar-refractivity contribution in [3.8, 4) is 0 Å². The van der Waals surface area contributed by atoms with Crippen molar-refractivity contribution in [1.82, 2.24) is 5.32 Å². The SMILES string of the molecule is C=CCOC(C)CNC(C1CCC1)C1CCC1. The van der Waals surface area contributed by atoms with Crippen LogP contribution in [0.15, 0.2) is 12.7 Å². The maximum atomic E-state index is 5.62. The van der Waals surface area contributed by atoms with E-state index in [0.29, 0.717) is 12.7 Å². The molecule has 1 N–H and O–H groups in total. The molecule has 2 nitrogen and oxygen atoms in total. The minimum atomic E-state index is 0.302. The fourth-order valence-electron chi connectivity index (χ4n) is 2.91. The average Bonchev–Trinajstić information content (AvgIpc) is 2.17. The van der Waals surface area contributed by atoms with Gasteiger partial charge in [-0.25, -0.2) is 0 Å². The molecule has 0 aromatic carbocycles. The molecule has 2 aliphatic rings. The summed E-state index contributed by atoms with van der Waals surface area (Å²) in [6.07, 6.45) is 10.8. The summed E-state index contributed by atoms with van der Waals surface area (Å²) >= 11 is 0. The van der Waals surface area contributed by atoms with E-state index in [9.17, 15) is 0 Å². The molecule has 0 saturated heterocycles. The summed E-state index contributed by atoms with van der Waals surface area (Å²) in [4.78, 5) is 0. The summed E-state index contributed by atoms with van der Waals surface area (Å²) in [5.74, 6) is 1.90. The third kappa shape index (κ3) is 3.56. The Hall–Kier alpha value is -0.340. The lowest BCUT2D eigenvalue weighted by Gasteiger charge is -2.43. The summed E-state index contributed by atoms with van der Waals surface area (Å²) in [5.41, 5.74) is 0. The normalized spacial score (nSPS) is 23.2. The van der Waals surface area contributed by atoms with Crippen LogP contribution in [0.5, 0.6) is 0 Å². The quantitative estimate of drug-likeness (QED) is 0.655. The van der Waals surface area contributed by atoms with E-state index in [0.717, 1.165) is 24.4 Å². The van der Waals surface area contributed by atoms with Crippen molar-refractivity contribution in [2.24, 2.45) is 11.8 Å². The fourth-order valence-corrected chi connectivity index (χ4v) is 2.91. The number of hydrogen-bond donors (Lipinski definition) is 1. The monoisotopic (exact) mass is 237 g/mol. The van der Waals surface area contributed by atoms with Crippen LogP contribution in [0.25, 0.3) is 0 Å². The van der Waals surface area contributed by atoms with Gasteiger partial charge in [-0.15, -0.1) is 6.58 Å². The third-order valence-electron chi connectivity index (χ3n) is 4.46. The van der Waals surface area contributed by atoms with Gasteiger partial charge in [-0.3, -0.25) is 0 Å². The van der Waals surface area contributed by atoms with E-state index in [2.05, 4.69) is 18.8 Å². The molecule has 0 aliphatic heterocycles. The molecule has 0 aromatic rings. The van der Waals surface area contributed by atoms with Gasteiger partial charge in [0.2, 0.25) is 0 Å². The van der Waals surface area contributed by atoms with Gasteiger partial charge in [0.15, 0.2) is 0 Å². The first-order chi connectivity index (χ1) is 8.31. The van der Waals surface area contributed by atoms with Crippen LogP contribution in [0.1, 0.15) is 45.4 Å². The topological polar surface area (TPSA) is 21.3 Å². The fraction of sp³-hybridized carbons (Fsp3) is 0.867. The molecule has 0 spiro atoms. The maximum absolute atomic E-state index is 5.62. The standard InChI is InChI=1S/C15H27NO/c1-3-10-17-12(2)11-16-15(13-6-4-7-13)14-8-5-9-14/h3,12-16H,1,4-11H2,2H3. The number of rotatable bonds is 8. The van der Waals surface area contributed by atoms with Gasteiger partial charge in [0.25, 0.3) is 0 Å². The molecule has 17 heavy (non-hydrogen) atoms. The van der Waals surface area contributed by atoms with Gasteiger partial charge in [0.1, 0.15) is 0 Å². The highest BCUT2D eigenvalue weighted by Crippen LogP contribution is 2.39. The Kier molecular flexibility index (Phi) is 5.05. The lowest BCUT2D eigenvalue weighted by atomic mass is 9.68. The lowest BCUT2D eigenvalue weighted by Crippen LogP contribution is -2.49. The maximum Gasteiger partial charge on any atom is 0.0675 e. The van der Waals surface area contributed by atoms with Gasteiger partial charge in [0, 0.05) is 12.6 Å². The van der Waals surface area contributed by atoms with Crippen molar-refractivity contribution < 1.29 is 4.74 Å². The van der Waals surface area contributed by atoms with Crippen LogP contribution >= 0.6 is 0 Å². The number of nitrogens with one attached hydrogen (secondary N) is 1. The summed E-state index contributed by atoms with van der Waals surface area (Å²) in [6.45, 7) is 7.49. The summed E-state index contributed by atoms with van der Waals surface area (Å²) < 4.78 is 5.62. The Bertz CT molecular complexity index is 219. The first-order valence-corrected chi connectivity index (χ1v) is 7.27. The summed E-state index contributed by atoms with van der Waals surface area (Å²) in [7, 11) is 0. The van der Waals surface area contributed by atoms with Crippen LogP contribution in [-0.4, -0.2) is 25.3 Å². The van der Waals surface area contributed by atoms with Crippen molar-refractivity contribution in [2.75, 3.05) is 13.2 Å². The highest BCUT2D eigenvalue weighted by molar-refractivity contribution is 4.91. The minimum absolute atomic E-state index is 0.302. The molecule has 1 atom stereocenters. The van der Waals surface area contributed by atoms with E-state index in [-0.39, 0.29) is 0 Å². The molecule has 2 heteroatoms. The highest BCUT2D eigenvalue weighted by atomic mass is 16.5. The zero-order valence-corrected chi connectivity index (χ0v) is 11.2. The molecule has 2 fully saturated rings. The molecule has 0 aromatic heterocycles. The van der Waals surface area contributed by atoms with E-state index in [1.165, 1.54) is 38.5 Å². The number of hydrogen-bond acceptors (Lipinski definition) is 2.